The van der Waals surface area contributed by atoms with Gasteiger partial charge in [0.1, 0.15) is 0 Å². The van der Waals surface area contributed by atoms with E-state index < -0.39 is 12.1 Å². The summed E-state index contributed by atoms with van der Waals surface area (Å²) in [6.07, 6.45) is -0.414. The minimum absolute atomic E-state index is 0.233. The summed E-state index contributed by atoms with van der Waals surface area (Å²) in [5.41, 5.74) is 0.901. The molecule has 17 heavy (non-hydrogen) atoms. The van der Waals surface area contributed by atoms with E-state index in [9.17, 15) is 4.79 Å². The van der Waals surface area contributed by atoms with Crippen molar-refractivity contribution in [2.45, 2.75) is 19.1 Å². The van der Waals surface area contributed by atoms with E-state index in [1.807, 2.05) is 30.3 Å². The smallest absolute Gasteiger partial charge is 0.332 e. The van der Waals surface area contributed by atoms with E-state index >= 15 is 0 Å². The number of carbonyl (C=O) groups excluding carboxylic acids is 1. The van der Waals surface area contributed by atoms with Crippen LogP contribution in [0.1, 0.15) is 18.6 Å². The molecule has 0 bridgehead atoms. The first-order valence-corrected chi connectivity index (χ1v) is 5.82. The first-order chi connectivity index (χ1) is 8.22. The van der Waals surface area contributed by atoms with Gasteiger partial charge in [-0.2, -0.15) is 0 Å². The van der Waals surface area contributed by atoms with Crippen molar-refractivity contribution in [1.82, 2.24) is 5.32 Å². The van der Waals surface area contributed by atoms with E-state index in [-0.39, 0.29) is 11.1 Å². The van der Waals surface area contributed by atoms with Crippen molar-refractivity contribution >= 4 is 23.4 Å². The quantitative estimate of drug-likeness (QED) is 0.652. The third-order valence-electron chi connectivity index (χ3n) is 2.48. The molecule has 1 saturated heterocycles. The van der Waals surface area contributed by atoms with Crippen LogP contribution in [0, 0.1) is 0 Å². The molecule has 4 nitrogen and oxygen atoms in total. The lowest BCUT2D eigenvalue weighted by molar-refractivity contribution is -0.146. The van der Waals surface area contributed by atoms with Gasteiger partial charge >= 0.3 is 5.97 Å². The highest BCUT2D eigenvalue weighted by Crippen LogP contribution is 2.26. The van der Waals surface area contributed by atoms with Gasteiger partial charge in [-0.05, 0) is 24.7 Å². The van der Waals surface area contributed by atoms with Gasteiger partial charge in [0.05, 0.1) is 6.61 Å². The van der Waals surface area contributed by atoms with Crippen molar-refractivity contribution in [3.63, 3.8) is 0 Å². The second-order valence-corrected chi connectivity index (χ2v) is 3.98. The Morgan fingerprint density at radius 1 is 1.47 bits per heavy atom. The van der Waals surface area contributed by atoms with Gasteiger partial charge in [0.15, 0.2) is 12.1 Å². The molecule has 0 aromatic heterocycles. The summed E-state index contributed by atoms with van der Waals surface area (Å²) in [6, 6.07) is 8.91. The van der Waals surface area contributed by atoms with Gasteiger partial charge in [0, 0.05) is 0 Å². The van der Waals surface area contributed by atoms with Crippen molar-refractivity contribution in [1.29, 1.82) is 0 Å². The maximum Gasteiger partial charge on any atom is 0.332 e. The Morgan fingerprint density at radius 2 is 2.18 bits per heavy atom. The third-order valence-corrected chi connectivity index (χ3v) is 2.69. The van der Waals surface area contributed by atoms with Gasteiger partial charge in [-0.1, -0.05) is 30.3 Å². The van der Waals surface area contributed by atoms with E-state index in [0.717, 1.165) is 5.56 Å². The maximum atomic E-state index is 11.8. The predicted octanol–water partition coefficient (Wildman–Crippen LogP) is 1.56. The molecule has 1 aliphatic rings. The molecule has 1 fully saturated rings. The fourth-order valence-electron chi connectivity index (χ4n) is 1.74. The molecule has 2 rings (SSSR count). The topological polar surface area (TPSA) is 47.6 Å². The zero-order chi connectivity index (χ0) is 12.3. The van der Waals surface area contributed by atoms with Crippen molar-refractivity contribution in [3.05, 3.63) is 35.9 Å². The highest BCUT2D eigenvalue weighted by Gasteiger charge is 2.39. The van der Waals surface area contributed by atoms with Crippen LogP contribution in [0.3, 0.4) is 0 Å². The summed E-state index contributed by atoms with van der Waals surface area (Å²) < 4.78 is 10.4. The Balaban J connectivity index is 2.20. The van der Waals surface area contributed by atoms with Crippen molar-refractivity contribution in [2.75, 3.05) is 6.61 Å². The number of esters is 1. The molecule has 1 aromatic rings. The standard InChI is InChI=1S/C12H13NO3S/c1-2-15-11(14)9-10(16-12(17)13-9)8-6-4-3-5-7-8/h3-7,9-10H,2H2,1H3,(H,13,17)/t9-,10+/m1/s1. The number of ether oxygens (including phenoxy) is 2. The normalized spacial score (nSPS) is 22.8. The zero-order valence-corrected chi connectivity index (χ0v) is 10.2. The average Bonchev–Trinajstić information content (AvgIpc) is 2.73. The number of carbonyl (C=O) groups is 1. The fraction of sp³-hybridized carbons (Fsp3) is 0.333. The monoisotopic (exact) mass is 251 g/mol. The molecule has 0 amide bonds. The average molecular weight is 251 g/mol. The number of rotatable bonds is 3. The number of nitrogens with one attached hydrogen (secondary N) is 1. The SMILES string of the molecule is CCOC(=O)[C@@H]1NC(=S)O[C@H]1c1ccccc1. The zero-order valence-electron chi connectivity index (χ0n) is 9.38. The molecule has 0 unspecified atom stereocenters. The number of benzene rings is 1. The van der Waals surface area contributed by atoms with Crippen LogP contribution in [0.15, 0.2) is 30.3 Å². The molecule has 1 N–H and O–H groups in total. The fourth-order valence-corrected chi connectivity index (χ4v) is 1.97. The lowest BCUT2D eigenvalue weighted by atomic mass is 10.0. The van der Waals surface area contributed by atoms with E-state index in [4.69, 9.17) is 21.7 Å². The van der Waals surface area contributed by atoms with Gasteiger partial charge in [0.25, 0.3) is 5.17 Å². The van der Waals surface area contributed by atoms with Crippen molar-refractivity contribution in [3.8, 4) is 0 Å². The predicted molar refractivity (Wildman–Crippen MR) is 66.4 cm³/mol. The molecule has 2 atom stereocenters. The minimum Gasteiger partial charge on any atom is -0.464 e. The maximum absolute atomic E-state index is 11.8. The first-order valence-electron chi connectivity index (χ1n) is 5.41. The van der Waals surface area contributed by atoms with Crippen LogP contribution in [0.25, 0.3) is 0 Å². The molecule has 1 aromatic carbocycles. The van der Waals surface area contributed by atoms with E-state index in [0.29, 0.717) is 6.61 Å². The Hall–Kier alpha value is -1.62. The molecular formula is C12H13NO3S. The van der Waals surface area contributed by atoms with Crippen molar-refractivity contribution < 1.29 is 14.3 Å². The van der Waals surface area contributed by atoms with Gasteiger partial charge in [0.2, 0.25) is 0 Å². The van der Waals surface area contributed by atoms with E-state index in [1.165, 1.54) is 0 Å². The van der Waals surface area contributed by atoms with Crippen LogP contribution in [0.5, 0.6) is 0 Å². The largest absolute Gasteiger partial charge is 0.464 e. The summed E-state index contributed by atoms with van der Waals surface area (Å²) in [4.78, 5) is 11.8. The molecule has 1 heterocycles. The molecule has 90 valence electrons. The lowest BCUT2D eigenvalue weighted by Crippen LogP contribution is -2.37. The summed E-state index contributed by atoms with van der Waals surface area (Å²) in [5, 5.41) is 3.05. The summed E-state index contributed by atoms with van der Waals surface area (Å²) >= 11 is 4.94. The minimum atomic E-state index is -0.565. The molecule has 0 spiro atoms. The number of thiocarbonyl (C=S) groups is 1. The Morgan fingerprint density at radius 3 is 2.82 bits per heavy atom. The molecular weight excluding hydrogens is 238 g/mol. The van der Waals surface area contributed by atoms with Crippen LogP contribution >= 0.6 is 12.2 Å². The lowest BCUT2D eigenvalue weighted by Gasteiger charge is -2.15. The molecule has 5 heteroatoms. The molecule has 0 aliphatic carbocycles. The van der Waals surface area contributed by atoms with Gasteiger partial charge in [-0.3, -0.25) is 0 Å². The number of hydrogen-bond donors (Lipinski definition) is 1. The molecule has 0 radical (unpaired) electrons. The summed E-state index contributed by atoms with van der Waals surface area (Å²) in [7, 11) is 0. The second-order valence-electron chi connectivity index (χ2n) is 3.61. The van der Waals surface area contributed by atoms with Crippen LogP contribution < -0.4 is 5.32 Å². The molecule has 1 aliphatic heterocycles. The van der Waals surface area contributed by atoms with Crippen LogP contribution in [0.4, 0.5) is 0 Å². The van der Waals surface area contributed by atoms with Crippen LogP contribution in [0.2, 0.25) is 0 Å². The molecule has 0 saturated carbocycles. The van der Waals surface area contributed by atoms with Gasteiger partial charge in [-0.25, -0.2) is 4.79 Å². The van der Waals surface area contributed by atoms with E-state index in [1.54, 1.807) is 6.92 Å². The second kappa shape index (κ2) is 5.14. The number of hydrogen-bond acceptors (Lipinski definition) is 4. The van der Waals surface area contributed by atoms with Crippen LogP contribution in [-0.4, -0.2) is 23.8 Å². The highest BCUT2D eigenvalue weighted by molar-refractivity contribution is 7.80. The summed E-state index contributed by atoms with van der Waals surface area (Å²) in [5.74, 6) is -0.346. The van der Waals surface area contributed by atoms with Gasteiger partial charge < -0.3 is 14.8 Å². The van der Waals surface area contributed by atoms with Crippen LogP contribution in [-0.2, 0) is 14.3 Å². The Bertz CT molecular complexity index is 421. The third kappa shape index (κ3) is 2.55. The Kier molecular flexibility index (Phi) is 3.58. The van der Waals surface area contributed by atoms with Gasteiger partial charge in [-0.15, -0.1) is 0 Å². The van der Waals surface area contributed by atoms with Crippen molar-refractivity contribution in [2.24, 2.45) is 0 Å². The highest BCUT2D eigenvalue weighted by atomic mass is 32.1. The first kappa shape index (κ1) is 11.9. The van der Waals surface area contributed by atoms with E-state index in [2.05, 4.69) is 5.32 Å². The Labute approximate surface area is 105 Å². The summed E-state index contributed by atoms with van der Waals surface area (Å²) in [6.45, 7) is 2.11.